The maximum Gasteiger partial charge on any atom is 0.236 e. The van der Waals surface area contributed by atoms with E-state index in [2.05, 4.69) is 38.3 Å². The molecule has 1 saturated carbocycles. The van der Waals surface area contributed by atoms with Gasteiger partial charge in [0.1, 0.15) is 17.8 Å². The van der Waals surface area contributed by atoms with Gasteiger partial charge < -0.3 is 20.1 Å². The Kier molecular flexibility index (Phi) is 6.45. The Bertz CT molecular complexity index is 791. The minimum absolute atomic E-state index is 0. The summed E-state index contributed by atoms with van der Waals surface area (Å²) in [5.41, 5.74) is 1.33. The molecular weight excluding hydrogens is 376 g/mol. The average Bonchev–Trinajstić information content (AvgIpc) is 3.18. The van der Waals surface area contributed by atoms with E-state index in [1.165, 1.54) is 25.7 Å². The number of nitrogens with one attached hydrogen (secondary N) is 2. The van der Waals surface area contributed by atoms with Gasteiger partial charge in [-0.1, -0.05) is 0 Å². The zero-order valence-corrected chi connectivity index (χ0v) is 17.6. The van der Waals surface area contributed by atoms with Crippen LogP contribution in [0.1, 0.15) is 38.5 Å². The van der Waals surface area contributed by atoms with Crippen LogP contribution < -0.4 is 10.2 Å². The molecule has 1 saturated heterocycles. The average molecular weight is 407 g/mol. The molecule has 28 heavy (non-hydrogen) atoms. The number of anilines is 1. The van der Waals surface area contributed by atoms with Gasteiger partial charge in [-0.25, -0.2) is 9.97 Å². The summed E-state index contributed by atoms with van der Waals surface area (Å²) >= 11 is 0. The number of fused-ring (bicyclic) bond motifs is 1. The van der Waals surface area contributed by atoms with Crippen LogP contribution >= 0.6 is 12.4 Å². The molecule has 7 nitrogen and oxygen atoms in total. The molecule has 2 aromatic rings. The van der Waals surface area contributed by atoms with E-state index in [9.17, 15) is 4.79 Å². The summed E-state index contributed by atoms with van der Waals surface area (Å²) in [5, 5.41) is 4.07. The van der Waals surface area contributed by atoms with Gasteiger partial charge in [-0.2, -0.15) is 0 Å². The number of halogens is 1. The lowest BCUT2D eigenvalue weighted by molar-refractivity contribution is -0.132. The van der Waals surface area contributed by atoms with Gasteiger partial charge in [0.15, 0.2) is 0 Å². The van der Waals surface area contributed by atoms with Crippen molar-refractivity contribution in [1.82, 2.24) is 25.2 Å². The summed E-state index contributed by atoms with van der Waals surface area (Å²) in [6.07, 6.45) is 10.7. The molecule has 0 atom stereocenters. The minimum Gasteiger partial charge on any atom is -0.356 e. The fraction of sp³-hybridized carbons (Fsp3) is 0.650. The third kappa shape index (κ3) is 3.96. The smallest absolute Gasteiger partial charge is 0.236 e. The fourth-order valence-corrected chi connectivity index (χ4v) is 4.91. The van der Waals surface area contributed by atoms with Gasteiger partial charge in [0.05, 0.1) is 11.9 Å². The number of piperidine rings is 1. The highest BCUT2D eigenvalue weighted by atomic mass is 35.5. The van der Waals surface area contributed by atoms with Gasteiger partial charge in [-0.15, -0.1) is 12.4 Å². The number of likely N-dealkylation sites (tertiary alicyclic amines) is 1. The van der Waals surface area contributed by atoms with Crippen molar-refractivity contribution in [2.24, 2.45) is 5.41 Å². The van der Waals surface area contributed by atoms with Crippen molar-refractivity contribution in [1.29, 1.82) is 0 Å². The van der Waals surface area contributed by atoms with Crippen molar-refractivity contribution in [3.05, 3.63) is 18.6 Å². The maximum absolute atomic E-state index is 12.1. The van der Waals surface area contributed by atoms with E-state index in [4.69, 9.17) is 0 Å². The molecule has 1 aliphatic carbocycles. The van der Waals surface area contributed by atoms with Gasteiger partial charge in [0, 0.05) is 32.4 Å². The lowest BCUT2D eigenvalue weighted by Crippen LogP contribution is -2.48. The number of aromatic amines is 1. The summed E-state index contributed by atoms with van der Waals surface area (Å²) in [5.74, 6) is 1.26. The van der Waals surface area contributed by atoms with Crippen LogP contribution in [0.25, 0.3) is 11.0 Å². The second-order valence-electron chi connectivity index (χ2n) is 8.19. The van der Waals surface area contributed by atoms with Crippen molar-refractivity contribution in [2.75, 3.05) is 38.6 Å². The minimum atomic E-state index is 0. The Hall–Kier alpha value is -1.86. The monoisotopic (exact) mass is 406 g/mol. The van der Waals surface area contributed by atoms with Crippen LogP contribution in [0.15, 0.2) is 18.6 Å². The standard InChI is InChI=1S/C20H30N6O.ClH/c1-21-13-17(27)26-11-8-20(9-12-26)6-3-15(4-7-20)25(2)19-16-5-10-22-18(16)23-14-24-19;/h5,10,14-15,21H,3-4,6-9,11-13H2,1-2H3,(H,22,23,24);1H. The number of amides is 1. The zero-order valence-electron chi connectivity index (χ0n) is 16.8. The van der Waals surface area contributed by atoms with E-state index in [1.807, 2.05) is 18.1 Å². The lowest BCUT2D eigenvalue weighted by Gasteiger charge is -2.47. The van der Waals surface area contributed by atoms with E-state index < -0.39 is 0 Å². The van der Waals surface area contributed by atoms with Gasteiger partial charge >= 0.3 is 0 Å². The number of aromatic nitrogens is 3. The molecule has 4 rings (SSSR count). The highest BCUT2D eigenvalue weighted by Crippen LogP contribution is 2.46. The molecule has 1 amide bonds. The summed E-state index contributed by atoms with van der Waals surface area (Å²) in [4.78, 5) is 28.5. The SMILES string of the molecule is CNCC(=O)N1CCC2(CCC(N(C)c3ncnc4[nH]ccc34)CC2)CC1.Cl. The molecule has 3 heterocycles. The Morgan fingerprint density at radius 2 is 2.00 bits per heavy atom. The first-order valence-corrected chi connectivity index (χ1v) is 10.1. The first kappa shape index (κ1) is 20.9. The van der Waals surface area contributed by atoms with Crippen LogP contribution in [0.3, 0.4) is 0 Å². The number of hydrogen-bond donors (Lipinski definition) is 2. The van der Waals surface area contributed by atoms with E-state index in [-0.39, 0.29) is 18.3 Å². The highest BCUT2D eigenvalue weighted by Gasteiger charge is 2.39. The van der Waals surface area contributed by atoms with Crippen LogP contribution in [0.5, 0.6) is 0 Å². The Labute approximate surface area is 172 Å². The number of H-pyrrole nitrogens is 1. The molecule has 0 bridgehead atoms. The number of carbonyl (C=O) groups excluding carboxylic acids is 1. The maximum atomic E-state index is 12.1. The predicted octanol–water partition coefficient (Wildman–Crippen LogP) is 2.59. The molecule has 0 radical (unpaired) electrons. The normalized spacial score (nSPS) is 19.6. The Morgan fingerprint density at radius 1 is 1.29 bits per heavy atom. The third-order valence-electron chi connectivity index (χ3n) is 6.74. The summed E-state index contributed by atoms with van der Waals surface area (Å²) in [6.45, 7) is 2.28. The molecule has 0 unspecified atom stereocenters. The topological polar surface area (TPSA) is 77.2 Å². The van der Waals surface area contributed by atoms with Gasteiger partial charge in [-0.3, -0.25) is 4.79 Å². The van der Waals surface area contributed by atoms with Crippen molar-refractivity contribution in [2.45, 2.75) is 44.6 Å². The van der Waals surface area contributed by atoms with E-state index >= 15 is 0 Å². The molecule has 2 aliphatic rings. The van der Waals surface area contributed by atoms with Crippen LogP contribution in [0.4, 0.5) is 5.82 Å². The van der Waals surface area contributed by atoms with Gasteiger partial charge in [0.2, 0.25) is 5.91 Å². The second kappa shape index (κ2) is 8.66. The van der Waals surface area contributed by atoms with Crippen molar-refractivity contribution in [3.8, 4) is 0 Å². The fourth-order valence-electron chi connectivity index (χ4n) is 4.91. The number of carbonyl (C=O) groups is 1. The zero-order chi connectivity index (χ0) is 18.9. The third-order valence-corrected chi connectivity index (χ3v) is 6.74. The van der Waals surface area contributed by atoms with Crippen LogP contribution in [-0.2, 0) is 4.79 Å². The summed E-state index contributed by atoms with van der Waals surface area (Å²) in [6, 6.07) is 2.58. The predicted molar refractivity (Wildman–Crippen MR) is 114 cm³/mol. The Morgan fingerprint density at radius 3 is 2.68 bits per heavy atom. The van der Waals surface area contributed by atoms with Crippen molar-refractivity contribution in [3.63, 3.8) is 0 Å². The lowest BCUT2D eigenvalue weighted by atomic mass is 9.66. The molecule has 0 aromatic carbocycles. The van der Waals surface area contributed by atoms with Crippen molar-refractivity contribution < 1.29 is 4.79 Å². The number of hydrogen-bond acceptors (Lipinski definition) is 5. The van der Waals surface area contributed by atoms with E-state index in [0.29, 0.717) is 18.0 Å². The van der Waals surface area contributed by atoms with E-state index in [1.54, 1.807) is 6.33 Å². The van der Waals surface area contributed by atoms with E-state index in [0.717, 1.165) is 42.8 Å². The summed E-state index contributed by atoms with van der Waals surface area (Å²) < 4.78 is 0. The molecular formula is C20H31ClN6O. The Balaban J connectivity index is 0.00000225. The van der Waals surface area contributed by atoms with Crippen LogP contribution in [-0.4, -0.2) is 65.5 Å². The molecule has 1 aliphatic heterocycles. The molecule has 2 fully saturated rings. The number of likely N-dealkylation sites (N-methyl/N-ethyl adjacent to an activating group) is 1. The molecule has 154 valence electrons. The molecule has 8 heteroatoms. The summed E-state index contributed by atoms with van der Waals surface area (Å²) in [7, 11) is 4.00. The second-order valence-corrected chi connectivity index (χ2v) is 8.19. The van der Waals surface area contributed by atoms with Crippen LogP contribution in [0, 0.1) is 5.41 Å². The quantitative estimate of drug-likeness (QED) is 0.816. The first-order valence-electron chi connectivity index (χ1n) is 10.1. The molecule has 2 N–H and O–H groups in total. The molecule has 2 aromatic heterocycles. The molecule has 1 spiro atoms. The van der Waals surface area contributed by atoms with Crippen molar-refractivity contribution >= 4 is 35.2 Å². The van der Waals surface area contributed by atoms with Gasteiger partial charge in [-0.05, 0) is 57.1 Å². The number of rotatable bonds is 4. The first-order chi connectivity index (χ1) is 13.1. The highest BCUT2D eigenvalue weighted by molar-refractivity contribution is 5.87. The van der Waals surface area contributed by atoms with Crippen LogP contribution in [0.2, 0.25) is 0 Å². The largest absolute Gasteiger partial charge is 0.356 e. The number of nitrogens with zero attached hydrogens (tertiary/aromatic N) is 4. The van der Waals surface area contributed by atoms with Gasteiger partial charge in [0.25, 0.3) is 0 Å².